The molecule has 6 nitrogen and oxygen atoms in total. The van der Waals surface area contributed by atoms with Crippen molar-refractivity contribution in [2.45, 2.75) is 25.9 Å². The second-order valence-corrected chi connectivity index (χ2v) is 11.2. The third-order valence-corrected chi connectivity index (χ3v) is 7.76. The minimum Gasteiger partial charge on any atom is -0.487 e. The van der Waals surface area contributed by atoms with Gasteiger partial charge in [0.05, 0.1) is 8.48 Å². The number of likely N-dealkylation sites (tertiary alicyclic amines) is 1. The first-order valence-electron chi connectivity index (χ1n) is 10.6. The second kappa shape index (κ2) is 11.2. The van der Waals surface area contributed by atoms with Crippen LogP contribution in [0.25, 0.3) is 6.08 Å². The largest absolute Gasteiger partial charge is 0.487 e. The van der Waals surface area contributed by atoms with Gasteiger partial charge in [-0.3, -0.25) is 19.3 Å². The van der Waals surface area contributed by atoms with Gasteiger partial charge in [-0.2, -0.15) is 0 Å². The van der Waals surface area contributed by atoms with E-state index in [0.29, 0.717) is 30.4 Å². The van der Waals surface area contributed by atoms with Gasteiger partial charge >= 0.3 is 0 Å². The van der Waals surface area contributed by atoms with E-state index in [4.69, 9.17) is 4.74 Å². The summed E-state index contributed by atoms with van der Waals surface area (Å²) in [4.78, 5) is 41.3. The van der Waals surface area contributed by atoms with Crippen LogP contribution in [0, 0.1) is 7.14 Å². The number of thioether (sulfide) groups is 1. The summed E-state index contributed by atoms with van der Waals surface area (Å²) >= 11 is 5.30. The fourth-order valence-electron chi connectivity index (χ4n) is 3.73. The van der Waals surface area contributed by atoms with E-state index in [9.17, 15) is 14.4 Å². The van der Waals surface area contributed by atoms with Crippen molar-refractivity contribution in [3.8, 4) is 5.75 Å². The fraction of sp³-hybridized carbons (Fsp3) is 0.292. The molecule has 2 aromatic rings. The van der Waals surface area contributed by atoms with Crippen molar-refractivity contribution in [1.82, 2.24) is 9.80 Å². The molecule has 2 fully saturated rings. The van der Waals surface area contributed by atoms with Crippen molar-refractivity contribution in [3.05, 3.63) is 65.6 Å². The summed E-state index contributed by atoms with van der Waals surface area (Å²) in [6.07, 6.45) is 4.73. The molecule has 0 N–H and O–H groups in total. The van der Waals surface area contributed by atoms with Crippen LogP contribution in [0.5, 0.6) is 5.75 Å². The topological polar surface area (TPSA) is 66.9 Å². The van der Waals surface area contributed by atoms with E-state index in [-0.39, 0.29) is 12.5 Å². The van der Waals surface area contributed by atoms with Gasteiger partial charge < -0.3 is 9.64 Å². The SMILES string of the molecule is O=C(CN1C(=O)S/C(=C/c2cc(I)cc(I)c2OCc2ccccc2)C1=O)N1CCCCC1. The number of hydrogen-bond acceptors (Lipinski definition) is 5. The summed E-state index contributed by atoms with van der Waals surface area (Å²) in [5.74, 6) is 0.0586. The molecule has 4 rings (SSSR count). The van der Waals surface area contributed by atoms with Crippen LogP contribution >= 0.6 is 56.9 Å². The molecule has 0 aromatic heterocycles. The number of carbonyl (C=O) groups excluding carboxylic acids is 3. The van der Waals surface area contributed by atoms with Crippen LogP contribution in [0.2, 0.25) is 0 Å². The maximum atomic E-state index is 13.0. The highest BCUT2D eigenvalue weighted by Crippen LogP contribution is 2.36. The van der Waals surface area contributed by atoms with Crippen molar-refractivity contribution in [3.63, 3.8) is 0 Å². The molecule has 0 unspecified atom stereocenters. The summed E-state index contributed by atoms with van der Waals surface area (Å²) in [6, 6.07) is 13.8. The average Bonchev–Trinajstić information content (AvgIpc) is 3.07. The molecule has 0 radical (unpaired) electrons. The van der Waals surface area contributed by atoms with Crippen LogP contribution in [0.3, 0.4) is 0 Å². The van der Waals surface area contributed by atoms with Crippen LogP contribution in [0.1, 0.15) is 30.4 Å². The van der Waals surface area contributed by atoms with Crippen LogP contribution in [0.15, 0.2) is 47.4 Å². The number of nitrogens with zero attached hydrogens (tertiary/aromatic N) is 2. The van der Waals surface area contributed by atoms with E-state index < -0.39 is 11.1 Å². The van der Waals surface area contributed by atoms with Crippen molar-refractivity contribution in [2.24, 2.45) is 0 Å². The Balaban J connectivity index is 1.53. The van der Waals surface area contributed by atoms with Gasteiger partial charge in [0.2, 0.25) is 5.91 Å². The lowest BCUT2D eigenvalue weighted by molar-refractivity contribution is -0.136. The molecular weight excluding hydrogens is 666 g/mol. The predicted molar refractivity (Wildman–Crippen MR) is 146 cm³/mol. The third kappa shape index (κ3) is 6.10. The zero-order valence-electron chi connectivity index (χ0n) is 17.8. The van der Waals surface area contributed by atoms with Crippen LogP contribution in [0.4, 0.5) is 4.79 Å². The quantitative estimate of drug-likeness (QED) is 0.296. The van der Waals surface area contributed by atoms with E-state index in [2.05, 4.69) is 45.2 Å². The van der Waals surface area contributed by atoms with Gasteiger partial charge in [-0.05, 0) is 100.0 Å². The van der Waals surface area contributed by atoms with E-state index in [1.54, 1.807) is 11.0 Å². The smallest absolute Gasteiger partial charge is 0.294 e. The minimum absolute atomic E-state index is 0.172. The summed E-state index contributed by atoms with van der Waals surface area (Å²) in [6.45, 7) is 1.56. The molecular formula is C24H22I2N2O4S. The van der Waals surface area contributed by atoms with Gasteiger partial charge in [-0.25, -0.2) is 0 Å². The number of piperidine rings is 1. The number of rotatable bonds is 6. The van der Waals surface area contributed by atoms with E-state index in [1.165, 1.54) is 0 Å². The lowest BCUT2D eigenvalue weighted by Crippen LogP contribution is -2.44. The Morgan fingerprint density at radius 1 is 1.06 bits per heavy atom. The molecule has 9 heteroatoms. The maximum absolute atomic E-state index is 13.0. The molecule has 2 aliphatic heterocycles. The Bertz CT molecular complexity index is 1100. The molecule has 0 aliphatic carbocycles. The zero-order valence-corrected chi connectivity index (χ0v) is 22.9. The van der Waals surface area contributed by atoms with E-state index in [0.717, 1.165) is 54.2 Å². The molecule has 0 spiro atoms. The Labute approximate surface area is 224 Å². The summed E-state index contributed by atoms with van der Waals surface area (Å²) in [5.41, 5.74) is 1.77. The predicted octanol–water partition coefficient (Wildman–Crippen LogP) is 5.52. The number of benzene rings is 2. The summed E-state index contributed by atoms with van der Waals surface area (Å²) < 4.78 is 8.03. The molecule has 2 aliphatic rings. The number of carbonyl (C=O) groups is 3. The number of amides is 3. The van der Waals surface area contributed by atoms with Crippen LogP contribution < -0.4 is 4.74 Å². The number of hydrogen-bond donors (Lipinski definition) is 0. The third-order valence-electron chi connectivity index (χ3n) is 5.43. The molecule has 3 amide bonds. The van der Waals surface area contributed by atoms with E-state index in [1.807, 2.05) is 42.5 Å². The van der Waals surface area contributed by atoms with Gasteiger partial charge in [-0.1, -0.05) is 30.3 Å². The molecule has 33 heavy (non-hydrogen) atoms. The first kappa shape index (κ1) is 24.5. The molecule has 0 bridgehead atoms. The normalized spacial score (nSPS) is 17.7. The fourth-order valence-corrected chi connectivity index (χ4v) is 6.60. The maximum Gasteiger partial charge on any atom is 0.294 e. The van der Waals surface area contributed by atoms with Crippen molar-refractivity contribution in [2.75, 3.05) is 19.6 Å². The van der Waals surface area contributed by atoms with Crippen molar-refractivity contribution < 1.29 is 19.1 Å². The lowest BCUT2D eigenvalue weighted by Gasteiger charge is -2.27. The molecule has 0 saturated carbocycles. The highest BCUT2D eigenvalue weighted by atomic mass is 127. The highest BCUT2D eigenvalue weighted by Gasteiger charge is 2.37. The molecule has 2 aromatic carbocycles. The van der Waals surface area contributed by atoms with Gasteiger partial charge in [-0.15, -0.1) is 0 Å². The van der Waals surface area contributed by atoms with Gasteiger partial charge in [0, 0.05) is 22.2 Å². The molecule has 2 saturated heterocycles. The van der Waals surface area contributed by atoms with Crippen LogP contribution in [-0.4, -0.2) is 46.5 Å². The van der Waals surface area contributed by atoms with Gasteiger partial charge in [0.15, 0.2) is 0 Å². The Kier molecular flexibility index (Phi) is 8.34. The van der Waals surface area contributed by atoms with Crippen molar-refractivity contribution >= 4 is 80.1 Å². The number of ether oxygens (including phenoxy) is 1. The lowest BCUT2D eigenvalue weighted by atomic mass is 10.1. The van der Waals surface area contributed by atoms with Gasteiger partial charge in [0.25, 0.3) is 11.1 Å². The minimum atomic E-state index is -0.432. The Morgan fingerprint density at radius 2 is 1.79 bits per heavy atom. The summed E-state index contributed by atoms with van der Waals surface area (Å²) in [7, 11) is 0. The first-order valence-corrected chi connectivity index (χ1v) is 13.6. The van der Waals surface area contributed by atoms with Crippen LogP contribution in [-0.2, 0) is 16.2 Å². The number of imide groups is 1. The zero-order chi connectivity index (χ0) is 23.4. The molecule has 2 heterocycles. The molecule has 0 atom stereocenters. The second-order valence-electron chi connectivity index (χ2n) is 7.79. The monoisotopic (exact) mass is 688 g/mol. The standard InChI is InChI=1S/C24H22I2N2O4S/c25-18-11-17(22(19(26)13-18)32-15-16-7-3-1-4-8-16)12-20-23(30)28(24(31)33-20)14-21(29)27-9-5-2-6-10-27/h1,3-4,7-8,11-13H,2,5-6,9-10,14-15H2/b20-12+. The number of halogens is 2. The Hall–Kier alpha value is -1.60. The highest BCUT2D eigenvalue weighted by molar-refractivity contribution is 14.1. The average molecular weight is 688 g/mol. The van der Waals surface area contributed by atoms with E-state index >= 15 is 0 Å². The van der Waals surface area contributed by atoms with Gasteiger partial charge in [0.1, 0.15) is 18.9 Å². The summed E-state index contributed by atoms with van der Waals surface area (Å²) in [5, 5.41) is -0.413. The Morgan fingerprint density at radius 3 is 2.52 bits per heavy atom. The van der Waals surface area contributed by atoms with Crippen molar-refractivity contribution in [1.29, 1.82) is 0 Å². The molecule has 172 valence electrons. The first-order chi connectivity index (χ1) is 15.9.